The van der Waals surface area contributed by atoms with Crippen LogP contribution in [0.25, 0.3) is 0 Å². The van der Waals surface area contributed by atoms with Crippen molar-refractivity contribution in [2.45, 2.75) is 19.6 Å². The number of urea groups is 1. The van der Waals surface area contributed by atoms with E-state index in [9.17, 15) is 4.79 Å². The Morgan fingerprint density at radius 2 is 1.62 bits per heavy atom. The second kappa shape index (κ2) is 9.57. The van der Waals surface area contributed by atoms with E-state index in [2.05, 4.69) is 27.7 Å². The third-order valence-corrected chi connectivity index (χ3v) is 4.57. The Balaban J connectivity index is 1.44. The summed E-state index contributed by atoms with van der Waals surface area (Å²) < 4.78 is 5.38. The third-order valence-electron chi connectivity index (χ3n) is 4.32. The summed E-state index contributed by atoms with van der Waals surface area (Å²) >= 11 is 5.86. The summed E-state index contributed by atoms with van der Waals surface area (Å²) in [6.45, 7) is 5.43. The largest absolute Gasteiger partial charge is 0.379 e. The first-order valence-electron chi connectivity index (χ1n) is 8.83. The van der Waals surface area contributed by atoms with Gasteiger partial charge in [0.2, 0.25) is 0 Å². The average molecular weight is 374 g/mol. The number of rotatable bonds is 6. The number of amides is 2. The monoisotopic (exact) mass is 373 g/mol. The van der Waals surface area contributed by atoms with Crippen LogP contribution in [0, 0.1) is 0 Å². The molecule has 0 radical (unpaired) electrons. The summed E-state index contributed by atoms with van der Waals surface area (Å²) in [6.07, 6.45) is 0. The fourth-order valence-corrected chi connectivity index (χ4v) is 3.01. The first-order valence-corrected chi connectivity index (χ1v) is 9.21. The first kappa shape index (κ1) is 18.7. The predicted molar refractivity (Wildman–Crippen MR) is 103 cm³/mol. The lowest BCUT2D eigenvalue weighted by Gasteiger charge is -2.26. The van der Waals surface area contributed by atoms with Crippen molar-refractivity contribution in [3.63, 3.8) is 0 Å². The number of benzene rings is 2. The number of nitrogens with one attached hydrogen (secondary N) is 2. The predicted octanol–water partition coefficient (Wildman–Crippen LogP) is 3.17. The van der Waals surface area contributed by atoms with Gasteiger partial charge in [-0.15, -0.1) is 0 Å². The van der Waals surface area contributed by atoms with E-state index in [1.54, 1.807) is 0 Å². The van der Waals surface area contributed by atoms with Crippen molar-refractivity contribution in [2.75, 3.05) is 26.3 Å². The average Bonchev–Trinajstić information content (AvgIpc) is 2.67. The van der Waals surface area contributed by atoms with E-state index in [0.29, 0.717) is 18.1 Å². The Morgan fingerprint density at radius 3 is 2.35 bits per heavy atom. The summed E-state index contributed by atoms with van der Waals surface area (Å²) in [5.41, 5.74) is 3.36. The van der Waals surface area contributed by atoms with Gasteiger partial charge in [0.1, 0.15) is 0 Å². The van der Waals surface area contributed by atoms with Crippen LogP contribution in [0.2, 0.25) is 5.02 Å². The van der Waals surface area contributed by atoms with Crippen LogP contribution in [0.5, 0.6) is 0 Å². The highest BCUT2D eigenvalue weighted by molar-refractivity contribution is 6.30. The summed E-state index contributed by atoms with van der Waals surface area (Å²) in [6, 6.07) is 15.6. The van der Waals surface area contributed by atoms with E-state index in [-0.39, 0.29) is 6.03 Å². The lowest BCUT2D eigenvalue weighted by Crippen LogP contribution is -2.35. The quantitative estimate of drug-likeness (QED) is 0.817. The van der Waals surface area contributed by atoms with Gasteiger partial charge in [0.25, 0.3) is 0 Å². The second-order valence-corrected chi connectivity index (χ2v) is 6.81. The molecule has 26 heavy (non-hydrogen) atoms. The molecule has 6 heteroatoms. The molecule has 2 amide bonds. The SMILES string of the molecule is O=C(NCc1ccc(Cl)cc1)NCc1cccc(CN2CCOCC2)c1. The normalized spacial score (nSPS) is 14.8. The maximum Gasteiger partial charge on any atom is 0.315 e. The number of hydrogen-bond donors (Lipinski definition) is 2. The number of halogens is 1. The fourth-order valence-electron chi connectivity index (χ4n) is 2.88. The van der Waals surface area contributed by atoms with Crippen molar-refractivity contribution >= 4 is 17.6 Å². The molecule has 0 aliphatic carbocycles. The Hall–Kier alpha value is -2.08. The van der Waals surface area contributed by atoms with Crippen LogP contribution in [0.1, 0.15) is 16.7 Å². The highest BCUT2D eigenvalue weighted by Gasteiger charge is 2.10. The zero-order chi connectivity index (χ0) is 18.2. The van der Waals surface area contributed by atoms with Crippen LogP contribution in [-0.2, 0) is 24.4 Å². The van der Waals surface area contributed by atoms with Crippen LogP contribution in [0.3, 0.4) is 0 Å². The van der Waals surface area contributed by atoms with Gasteiger partial charge in [-0.2, -0.15) is 0 Å². The van der Waals surface area contributed by atoms with Gasteiger partial charge in [-0.05, 0) is 28.8 Å². The lowest BCUT2D eigenvalue weighted by atomic mass is 10.1. The number of morpholine rings is 1. The molecule has 2 aromatic rings. The highest BCUT2D eigenvalue weighted by atomic mass is 35.5. The Morgan fingerprint density at radius 1 is 0.962 bits per heavy atom. The standard InChI is InChI=1S/C20H24ClN3O2/c21-19-6-4-16(5-7-19)13-22-20(25)23-14-17-2-1-3-18(12-17)15-24-8-10-26-11-9-24/h1-7,12H,8-11,13-15H2,(H2,22,23,25). The van der Waals surface area contributed by atoms with Crippen molar-refractivity contribution in [2.24, 2.45) is 0 Å². The Bertz CT molecular complexity index is 715. The molecule has 0 atom stereocenters. The molecule has 0 unspecified atom stereocenters. The molecule has 0 bridgehead atoms. The van der Waals surface area contributed by atoms with Crippen molar-refractivity contribution in [1.29, 1.82) is 0 Å². The summed E-state index contributed by atoms with van der Waals surface area (Å²) in [5.74, 6) is 0. The van der Waals surface area contributed by atoms with E-state index >= 15 is 0 Å². The summed E-state index contributed by atoms with van der Waals surface area (Å²) in [4.78, 5) is 14.4. The first-order chi connectivity index (χ1) is 12.7. The molecule has 1 fully saturated rings. The number of carbonyl (C=O) groups is 1. The molecular weight excluding hydrogens is 350 g/mol. The van der Waals surface area contributed by atoms with Gasteiger partial charge in [0.15, 0.2) is 0 Å². The van der Waals surface area contributed by atoms with E-state index in [0.717, 1.165) is 44.0 Å². The highest BCUT2D eigenvalue weighted by Crippen LogP contribution is 2.11. The van der Waals surface area contributed by atoms with Crippen molar-refractivity contribution in [3.8, 4) is 0 Å². The van der Waals surface area contributed by atoms with Gasteiger partial charge in [-0.25, -0.2) is 4.79 Å². The molecule has 1 aliphatic rings. The van der Waals surface area contributed by atoms with Gasteiger partial charge in [0.05, 0.1) is 13.2 Å². The molecule has 5 nitrogen and oxygen atoms in total. The van der Waals surface area contributed by atoms with Crippen molar-refractivity contribution in [1.82, 2.24) is 15.5 Å². The van der Waals surface area contributed by atoms with E-state index < -0.39 is 0 Å². The van der Waals surface area contributed by atoms with Gasteiger partial charge < -0.3 is 15.4 Å². The zero-order valence-corrected chi connectivity index (χ0v) is 15.5. The molecule has 0 saturated carbocycles. The van der Waals surface area contributed by atoms with Crippen molar-refractivity contribution < 1.29 is 9.53 Å². The second-order valence-electron chi connectivity index (χ2n) is 6.37. The molecule has 2 N–H and O–H groups in total. The topological polar surface area (TPSA) is 53.6 Å². The molecule has 1 saturated heterocycles. The molecule has 1 heterocycles. The number of hydrogen-bond acceptors (Lipinski definition) is 3. The van der Waals surface area contributed by atoms with Crippen molar-refractivity contribution in [3.05, 3.63) is 70.2 Å². The molecule has 138 valence electrons. The fraction of sp³-hybridized carbons (Fsp3) is 0.350. The van der Waals surface area contributed by atoms with E-state index in [4.69, 9.17) is 16.3 Å². The minimum Gasteiger partial charge on any atom is -0.379 e. The van der Waals surface area contributed by atoms with Crippen LogP contribution in [0.4, 0.5) is 4.79 Å². The van der Waals surface area contributed by atoms with Crippen LogP contribution >= 0.6 is 11.6 Å². The summed E-state index contributed by atoms with van der Waals surface area (Å²) in [7, 11) is 0. The van der Waals surface area contributed by atoms with Crippen LogP contribution < -0.4 is 10.6 Å². The van der Waals surface area contributed by atoms with Gasteiger partial charge in [-0.3, -0.25) is 4.90 Å². The smallest absolute Gasteiger partial charge is 0.315 e. The minimum absolute atomic E-state index is 0.182. The van der Waals surface area contributed by atoms with Gasteiger partial charge >= 0.3 is 6.03 Å². The van der Waals surface area contributed by atoms with Crippen LogP contribution in [-0.4, -0.2) is 37.2 Å². The van der Waals surface area contributed by atoms with Gasteiger partial charge in [-0.1, -0.05) is 48.0 Å². The van der Waals surface area contributed by atoms with E-state index in [1.807, 2.05) is 36.4 Å². The Labute approximate surface area is 159 Å². The zero-order valence-electron chi connectivity index (χ0n) is 14.7. The number of nitrogens with zero attached hydrogens (tertiary/aromatic N) is 1. The lowest BCUT2D eigenvalue weighted by molar-refractivity contribution is 0.0342. The Kier molecular flexibility index (Phi) is 6.89. The molecule has 3 rings (SSSR count). The number of ether oxygens (including phenoxy) is 1. The molecule has 0 spiro atoms. The summed E-state index contributed by atoms with van der Waals surface area (Å²) in [5, 5.41) is 6.45. The van der Waals surface area contributed by atoms with Gasteiger partial charge in [0, 0.05) is 37.7 Å². The molecule has 1 aliphatic heterocycles. The van der Waals surface area contributed by atoms with Crippen LogP contribution in [0.15, 0.2) is 48.5 Å². The number of carbonyl (C=O) groups excluding carboxylic acids is 1. The third kappa shape index (κ3) is 6.02. The van der Waals surface area contributed by atoms with E-state index in [1.165, 1.54) is 5.56 Å². The molecule has 2 aromatic carbocycles. The minimum atomic E-state index is -0.182. The maximum absolute atomic E-state index is 12.0. The maximum atomic E-state index is 12.0. The molecular formula is C20H24ClN3O2. The molecule has 0 aromatic heterocycles.